The molecule has 0 spiro atoms. The van der Waals surface area contributed by atoms with Crippen molar-refractivity contribution >= 4 is 22.6 Å². The van der Waals surface area contributed by atoms with E-state index in [1.807, 2.05) is 36.1 Å². The minimum atomic E-state index is -0.847. The van der Waals surface area contributed by atoms with Gasteiger partial charge in [-0.1, -0.05) is 6.07 Å². The lowest BCUT2D eigenvalue weighted by Gasteiger charge is -2.30. The quantitative estimate of drug-likeness (QED) is 0.419. The van der Waals surface area contributed by atoms with Gasteiger partial charge in [0.05, 0.1) is 61.7 Å². The zero-order valence-electron chi connectivity index (χ0n) is 21.4. The van der Waals surface area contributed by atoms with Gasteiger partial charge in [-0.25, -0.2) is 14.4 Å². The van der Waals surface area contributed by atoms with Crippen LogP contribution >= 0.6 is 0 Å². The number of rotatable bonds is 5. The van der Waals surface area contributed by atoms with E-state index in [0.717, 1.165) is 16.5 Å². The number of halogens is 1. The Labute approximate surface area is 224 Å². The van der Waals surface area contributed by atoms with E-state index in [4.69, 9.17) is 9.72 Å². The summed E-state index contributed by atoms with van der Waals surface area (Å²) in [5.41, 5.74) is 4.04. The fraction of sp³-hybridized carbons (Fsp3) is 0.310. The first-order valence-electron chi connectivity index (χ1n) is 12.8. The van der Waals surface area contributed by atoms with Crippen LogP contribution < -0.4 is 10.2 Å². The van der Waals surface area contributed by atoms with Gasteiger partial charge in [0.25, 0.3) is 5.91 Å². The van der Waals surface area contributed by atoms with Gasteiger partial charge in [-0.2, -0.15) is 5.26 Å². The molecule has 0 bridgehead atoms. The molecule has 4 aromatic rings. The molecule has 1 N–H and O–H groups in total. The number of aromatic nitrogens is 4. The molecule has 1 saturated heterocycles. The highest BCUT2D eigenvalue weighted by molar-refractivity contribution is 5.94. The molecular weight excluding hydrogens is 497 g/mol. The van der Waals surface area contributed by atoms with Gasteiger partial charge >= 0.3 is 0 Å². The van der Waals surface area contributed by atoms with Crippen LogP contribution in [0.1, 0.15) is 40.5 Å². The number of nitrogens with one attached hydrogen (secondary N) is 1. The van der Waals surface area contributed by atoms with Crippen LogP contribution in [0.15, 0.2) is 55.0 Å². The first-order chi connectivity index (χ1) is 18.9. The molecule has 0 saturated carbocycles. The van der Waals surface area contributed by atoms with Crippen LogP contribution in [-0.2, 0) is 23.3 Å². The van der Waals surface area contributed by atoms with Crippen molar-refractivity contribution in [3.63, 3.8) is 0 Å². The fourth-order valence-electron chi connectivity index (χ4n) is 5.02. The van der Waals surface area contributed by atoms with Crippen LogP contribution in [0.3, 0.4) is 0 Å². The van der Waals surface area contributed by atoms with Crippen LogP contribution in [0.5, 0.6) is 0 Å². The number of hydrogen-bond donors (Lipinski definition) is 1. The molecule has 3 aromatic heterocycles. The average molecular weight is 524 g/mol. The molecule has 1 fully saturated rings. The number of nitrogens with zero attached hydrogens (tertiary/aromatic N) is 6. The minimum Gasteiger partial charge on any atom is -0.375 e. The Morgan fingerprint density at radius 2 is 2.10 bits per heavy atom. The Hall–Kier alpha value is -4.49. The van der Waals surface area contributed by atoms with Gasteiger partial charge in [0.1, 0.15) is 23.1 Å². The second kappa shape index (κ2) is 10.0. The van der Waals surface area contributed by atoms with Gasteiger partial charge < -0.3 is 15.0 Å². The van der Waals surface area contributed by atoms with Gasteiger partial charge in [-0.3, -0.25) is 14.8 Å². The number of nitriles is 1. The predicted molar refractivity (Wildman–Crippen MR) is 143 cm³/mol. The molecule has 0 unspecified atom stereocenters. The van der Waals surface area contributed by atoms with E-state index in [-0.39, 0.29) is 12.5 Å². The van der Waals surface area contributed by atoms with E-state index in [1.165, 1.54) is 0 Å². The highest BCUT2D eigenvalue weighted by Gasteiger charge is 2.33. The van der Waals surface area contributed by atoms with Gasteiger partial charge in [0.15, 0.2) is 0 Å². The maximum absolute atomic E-state index is 13.7. The van der Waals surface area contributed by atoms with Crippen molar-refractivity contribution in [2.45, 2.75) is 38.1 Å². The number of alkyl halides is 1. The first-order valence-corrected chi connectivity index (χ1v) is 12.8. The lowest BCUT2D eigenvalue weighted by molar-refractivity contribution is 0.0757. The normalized spacial score (nSPS) is 20.4. The summed E-state index contributed by atoms with van der Waals surface area (Å²) in [7, 11) is 0. The Bertz CT molecular complexity index is 1620. The molecule has 6 rings (SSSR count). The Kier molecular flexibility index (Phi) is 6.37. The molecule has 1 amide bonds. The second-order valence-corrected chi connectivity index (χ2v) is 10.2. The Morgan fingerprint density at radius 3 is 2.92 bits per heavy atom. The van der Waals surface area contributed by atoms with E-state index in [9.17, 15) is 14.4 Å². The molecule has 10 heteroatoms. The number of anilines is 1. The number of benzene rings is 1. The molecule has 0 radical (unpaired) electrons. The van der Waals surface area contributed by atoms with Crippen LogP contribution in [-0.4, -0.2) is 51.7 Å². The van der Waals surface area contributed by atoms with E-state index in [1.54, 1.807) is 30.7 Å². The van der Waals surface area contributed by atoms with Crippen molar-refractivity contribution in [1.29, 1.82) is 5.26 Å². The second-order valence-electron chi connectivity index (χ2n) is 10.2. The summed E-state index contributed by atoms with van der Waals surface area (Å²) >= 11 is 0. The number of carbonyl (C=O) groups excluding carboxylic acids is 1. The highest BCUT2D eigenvalue weighted by atomic mass is 19.1. The summed E-state index contributed by atoms with van der Waals surface area (Å²) in [6.45, 7) is 3.69. The molecule has 1 aromatic carbocycles. The van der Waals surface area contributed by atoms with E-state index in [0.29, 0.717) is 66.7 Å². The number of fused-ring (bicyclic) bond motifs is 2. The third-order valence-electron chi connectivity index (χ3n) is 7.26. The SMILES string of the molecule is C[C@@]1(C#N)COCc2ccc(C(=O)NCc3cc4nc(-c5cncc(N6CC[C@H](F)C6)n5)ccc4cn3)cc21. The molecule has 2 aliphatic rings. The van der Waals surface area contributed by atoms with Gasteiger partial charge in [-0.05, 0) is 54.8 Å². The maximum Gasteiger partial charge on any atom is 0.251 e. The lowest BCUT2D eigenvalue weighted by atomic mass is 9.79. The monoisotopic (exact) mass is 523 g/mol. The zero-order valence-corrected chi connectivity index (χ0v) is 21.4. The first kappa shape index (κ1) is 24.8. The van der Waals surface area contributed by atoms with Crippen LogP contribution in [0, 0.1) is 11.3 Å². The summed E-state index contributed by atoms with van der Waals surface area (Å²) in [5, 5.41) is 13.4. The molecule has 39 heavy (non-hydrogen) atoms. The van der Waals surface area contributed by atoms with Crippen molar-refractivity contribution in [3.8, 4) is 17.5 Å². The summed E-state index contributed by atoms with van der Waals surface area (Å²) in [5.74, 6) is 0.384. The van der Waals surface area contributed by atoms with E-state index >= 15 is 0 Å². The zero-order chi connectivity index (χ0) is 27.0. The third kappa shape index (κ3) is 4.89. The smallest absolute Gasteiger partial charge is 0.251 e. The highest BCUT2D eigenvalue weighted by Crippen LogP contribution is 2.32. The minimum absolute atomic E-state index is 0.213. The van der Waals surface area contributed by atoms with Crippen molar-refractivity contribution < 1.29 is 13.9 Å². The predicted octanol–water partition coefficient (Wildman–Crippen LogP) is 3.88. The average Bonchev–Trinajstić information content (AvgIpc) is 3.42. The summed E-state index contributed by atoms with van der Waals surface area (Å²) < 4.78 is 19.2. The van der Waals surface area contributed by atoms with Gasteiger partial charge in [0, 0.05) is 23.7 Å². The standard InChI is InChI=1S/C29H26FN7O2/c1-29(16-31)17-39-15-20-3-2-18(8-23(20)29)28(38)34-11-22-9-25-19(10-33-22)4-5-24(35-25)26-12-32-13-27(36-26)37-7-6-21(30)14-37/h2-5,8-10,12-13,21H,6-7,11,14-15,17H2,1H3,(H,34,38)/t21-,29+/m0/s1. The number of pyridine rings is 2. The number of carbonyl (C=O) groups is 1. The number of ether oxygens (including phenoxy) is 1. The molecule has 196 valence electrons. The molecule has 9 nitrogen and oxygen atoms in total. The summed E-state index contributed by atoms with van der Waals surface area (Å²) in [4.78, 5) is 33.0. The van der Waals surface area contributed by atoms with E-state index in [2.05, 4.69) is 26.3 Å². The van der Waals surface area contributed by atoms with Crippen molar-refractivity contribution in [1.82, 2.24) is 25.3 Å². The fourth-order valence-corrected chi connectivity index (χ4v) is 5.02. The summed E-state index contributed by atoms with van der Waals surface area (Å²) in [6.07, 6.45) is 4.65. The maximum atomic E-state index is 13.7. The molecule has 2 aliphatic heterocycles. The number of hydrogen-bond acceptors (Lipinski definition) is 8. The van der Waals surface area contributed by atoms with Crippen molar-refractivity contribution in [3.05, 3.63) is 77.4 Å². The third-order valence-corrected chi connectivity index (χ3v) is 7.26. The Morgan fingerprint density at radius 1 is 1.21 bits per heavy atom. The van der Waals surface area contributed by atoms with Crippen LogP contribution in [0.25, 0.3) is 22.3 Å². The molecule has 5 heterocycles. The molecule has 0 aliphatic carbocycles. The molecule has 2 atom stereocenters. The largest absolute Gasteiger partial charge is 0.375 e. The van der Waals surface area contributed by atoms with Crippen molar-refractivity contribution in [2.75, 3.05) is 24.6 Å². The van der Waals surface area contributed by atoms with Crippen LogP contribution in [0.2, 0.25) is 0 Å². The van der Waals surface area contributed by atoms with Gasteiger partial charge in [-0.15, -0.1) is 0 Å². The molecular formula is C29H26FN7O2. The number of amides is 1. The van der Waals surface area contributed by atoms with Crippen LogP contribution in [0.4, 0.5) is 10.2 Å². The Balaban J connectivity index is 1.19. The topological polar surface area (TPSA) is 117 Å². The lowest BCUT2D eigenvalue weighted by Crippen LogP contribution is -2.33. The van der Waals surface area contributed by atoms with E-state index < -0.39 is 11.6 Å². The van der Waals surface area contributed by atoms with Crippen molar-refractivity contribution in [2.24, 2.45) is 0 Å². The van der Waals surface area contributed by atoms with Gasteiger partial charge in [0.2, 0.25) is 0 Å². The summed E-state index contributed by atoms with van der Waals surface area (Å²) in [6, 6.07) is 13.3.